The Morgan fingerprint density at radius 3 is 2.64 bits per heavy atom. The summed E-state index contributed by atoms with van der Waals surface area (Å²) in [6.45, 7) is 5.55. The Labute approximate surface area is 89.1 Å². The van der Waals surface area contributed by atoms with Crippen molar-refractivity contribution >= 4 is 17.4 Å². The number of nitrogens with zero attached hydrogens (tertiary/aromatic N) is 3. The SMILES string of the molecule is CC1CC(C)N(c2ccc(Cl)nn2)C1. The summed E-state index contributed by atoms with van der Waals surface area (Å²) in [4.78, 5) is 2.29. The summed E-state index contributed by atoms with van der Waals surface area (Å²) in [6.07, 6.45) is 1.23. The fraction of sp³-hybridized carbons (Fsp3) is 0.600. The lowest BCUT2D eigenvalue weighted by Gasteiger charge is -2.21. The third kappa shape index (κ3) is 1.82. The van der Waals surface area contributed by atoms with Gasteiger partial charge in [-0.3, -0.25) is 0 Å². The predicted octanol–water partition coefficient (Wildman–Crippen LogP) is 2.36. The van der Waals surface area contributed by atoms with Gasteiger partial charge in [0.1, 0.15) is 0 Å². The van der Waals surface area contributed by atoms with E-state index in [1.54, 1.807) is 6.07 Å². The van der Waals surface area contributed by atoms with Crippen molar-refractivity contribution in [3.63, 3.8) is 0 Å². The quantitative estimate of drug-likeness (QED) is 0.714. The van der Waals surface area contributed by atoms with E-state index >= 15 is 0 Å². The molecule has 0 spiro atoms. The van der Waals surface area contributed by atoms with Gasteiger partial charge in [-0.15, -0.1) is 10.2 Å². The maximum Gasteiger partial charge on any atom is 0.151 e. The molecule has 76 valence electrons. The molecule has 0 aliphatic carbocycles. The minimum Gasteiger partial charge on any atom is -0.352 e. The van der Waals surface area contributed by atoms with Crippen molar-refractivity contribution < 1.29 is 0 Å². The highest BCUT2D eigenvalue weighted by Gasteiger charge is 2.26. The smallest absolute Gasteiger partial charge is 0.151 e. The maximum absolute atomic E-state index is 5.69. The van der Waals surface area contributed by atoms with Crippen LogP contribution in [0.2, 0.25) is 5.15 Å². The first-order valence-corrected chi connectivity index (χ1v) is 5.30. The van der Waals surface area contributed by atoms with Crippen molar-refractivity contribution in [1.82, 2.24) is 10.2 Å². The molecule has 1 fully saturated rings. The van der Waals surface area contributed by atoms with Gasteiger partial charge < -0.3 is 4.90 Å². The maximum atomic E-state index is 5.69. The summed E-state index contributed by atoms with van der Waals surface area (Å²) in [6, 6.07) is 4.28. The highest BCUT2D eigenvalue weighted by molar-refractivity contribution is 6.29. The molecule has 14 heavy (non-hydrogen) atoms. The molecule has 2 rings (SSSR count). The molecule has 2 atom stereocenters. The van der Waals surface area contributed by atoms with Gasteiger partial charge in [0.05, 0.1) is 0 Å². The third-order valence-corrected chi connectivity index (χ3v) is 2.90. The molecular formula is C10H14ClN3. The summed E-state index contributed by atoms with van der Waals surface area (Å²) < 4.78 is 0. The van der Waals surface area contributed by atoms with Crippen LogP contribution >= 0.6 is 11.6 Å². The zero-order valence-corrected chi connectivity index (χ0v) is 9.20. The Bertz CT molecular complexity index is 312. The van der Waals surface area contributed by atoms with Crippen molar-refractivity contribution in [1.29, 1.82) is 0 Å². The molecule has 1 aromatic heterocycles. The zero-order chi connectivity index (χ0) is 10.1. The first-order valence-electron chi connectivity index (χ1n) is 4.92. The van der Waals surface area contributed by atoms with Gasteiger partial charge in [0.25, 0.3) is 0 Å². The molecule has 3 nitrogen and oxygen atoms in total. The zero-order valence-electron chi connectivity index (χ0n) is 8.44. The first-order chi connectivity index (χ1) is 6.66. The molecule has 0 aromatic carbocycles. The average molecular weight is 212 g/mol. The molecule has 1 aromatic rings. The van der Waals surface area contributed by atoms with Crippen LogP contribution in [0.1, 0.15) is 20.3 Å². The van der Waals surface area contributed by atoms with Crippen LogP contribution in [0.5, 0.6) is 0 Å². The van der Waals surface area contributed by atoms with Gasteiger partial charge in [0.15, 0.2) is 11.0 Å². The Morgan fingerprint density at radius 1 is 1.36 bits per heavy atom. The number of hydrogen-bond acceptors (Lipinski definition) is 3. The number of aromatic nitrogens is 2. The highest BCUT2D eigenvalue weighted by atomic mass is 35.5. The fourth-order valence-corrected chi connectivity index (χ4v) is 2.18. The molecule has 0 radical (unpaired) electrons. The van der Waals surface area contributed by atoms with E-state index in [2.05, 4.69) is 28.9 Å². The van der Waals surface area contributed by atoms with Gasteiger partial charge in [-0.1, -0.05) is 18.5 Å². The number of anilines is 1. The molecule has 1 saturated heterocycles. The largest absolute Gasteiger partial charge is 0.352 e. The molecule has 0 N–H and O–H groups in total. The molecule has 0 saturated carbocycles. The monoisotopic (exact) mass is 211 g/mol. The minimum absolute atomic E-state index is 0.452. The van der Waals surface area contributed by atoms with Crippen LogP contribution in [0, 0.1) is 5.92 Å². The summed E-state index contributed by atoms with van der Waals surface area (Å²) in [5.74, 6) is 1.67. The van der Waals surface area contributed by atoms with Crippen molar-refractivity contribution in [2.75, 3.05) is 11.4 Å². The lowest BCUT2D eigenvalue weighted by atomic mass is 10.1. The van der Waals surface area contributed by atoms with Gasteiger partial charge >= 0.3 is 0 Å². The Hall–Kier alpha value is -0.830. The molecule has 4 heteroatoms. The standard InChI is InChI=1S/C10H14ClN3/c1-7-5-8(2)14(6-7)10-4-3-9(11)12-13-10/h3-4,7-8H,5-6H2,1-2H3. The van der Waals surface area contributed by atoms with E-state index in [-0.39, 0.29) is 0 Å². The van der Waals surface area contributed by atoms with Crippen molar-refractivity contribution in [2.45, 2.75) is 26.3 Å². The van der Waals surface area contributed by atoms with Crippen molar-refractivity contribution in [3.05, 3.63) is 17.3 Å². The minimum atomic E-state index is 0.452. The summed E-state index contributed by atoms with van der Waals surface area (Å²) in [5, 5.41) is 8.40. The summed E-state index contributed by atoms with van der Waals surface area (Å²) in [7, 11) is 0. The molecule has 2 unspecified atom stereocenters. The third-order valence-electron chi connectivity index (χ3n) is 2.70. The fourth-order valence-electron chi connectivity index (χ4n) is 2.08. The van der Waals surface area contributed by atoms with E-state index in [4.69, 9.17) is 11.6 Å². The van der Waals surface area contributed by atoms with E-state index in [1.165, 1.54) is 6.42 Å². The van der Waals surface area contributed by atoms with Crippen LogP contribution in [0.3, 0.4) is 0 Å². The predicted molar refractivity (Wildman–Crippen MR) is 57.6 cm³/mol. The van der Waals surface area contributed by atoms with E-state index in [9.17, 15) is 0 Å². The van der Waals surface area contributed by atoms with Crippen LogP contribution in [0.15, 0.2) is 12.1 Å². The van der Waals surface area contributed by atoms with Crippen molar-refractivity contribution in [3.8, 4) is 0 Å². The second kappa shape index (κ2) is 3.73. The molecule has 0 bridgehead atoms. The van der Waals surface area contributed by atoms with Crippen molar-refractivity contribution in [2.24, 2.45) is 5.92 Å². The molecule has 1 aliphatic rings. The first kappa shape index (κ1) is 9.71. The molecule has 0 amide bonds. The van der Waals surface area contributed by atoms with Crippen LogP contribution in [0.4, 0.5) is 5.82 Å². The van der Waals surface area contributed by atoms with Crippen LogP contribution in [0.25, 0.3) is 0 Å². The number of hydrogen-bond donors (Lipinski definition) is 0. The van der Waals surface area contributed by atoms with Gasteiger partial charge in [-0.05, 0) is 31.4 Å². The highest BCUT2D eigenvalue weighted by Crippen LogP contribution is 2.26. The second-order valence-corrected chi connectivity index (χ2v) is 4.44. The van der Waals surface area contributed by atoms with Crippen LogP contribution in [-0.4, -0.2) is 22.8 Å². The van der Waals surface area contributed by atoms with Crippen LogP contribution in [-0.2, 0) is 0 Å². The number of rotatable bonds is 1. The van der Waals surface area contributed by atoms with Crippen LogP contribution < -0.4 is 4.90 Å². The summed E-state index contributed by atoms with van der Waals surface area (Å²) in [5.41, 5.74) is 0. The second-order valence-electron chi connectivity index (χ2n) is 4.06. The molecular weight excluding hydrogens is 198 g/mol. The van der Waals surface area contributed by atoms with E-state index in [0.717, 1.165) is 18.3 Å². The lowest BCUT2D eigenvalue weighted by molar-refractivity contribution is 0.625. The van der Waals surface area contributed by atoms with E-state index < -0.39 is 0 Å². The van der Waals surface area contributed by atoms with Gasteiger partial charge in [-0.25, -0.2) is 0 Å². The van der Waals surface area contributed by atoms with Gasteiger partial charge in [-0.2, -0.15) is 0 Å². The Kier molecular flexibility index (Phi) is 2.59. The van der Waals surface area contributed by atoms with E-state index in [1.807, 2.05) is 6.07 Å². The molecule has 2 heterocycles. The topological polar surface area (TPSA) is 29.0 Å². The Balaban J connectivity index is 2.19. The average Bonchev–Trinajstić information content (AvgIpc) is 2.47. The Morgan fingerprint density at radius 2 is 2.14 bits per heavy atom. The van der Waals surface area contributed by atoms with E-state index in [0.29, 0.717) is 11.2 Å². The van der Waals surface area contributed by atoms with Gasteiger partial charge in [0, 0.05) is 12.6 Å². The van der Waals surface area contributed by atoms with Gasteiger partial charge in [0.2, 0.25) is 0 Å². The lowest BCUT2D eigenvalue weighted by Crippen LogP contribution is -2.27. The summed E-state index contributed by atoms with van der Waals surface area (Å²) >= 11 is 5.69. The normalized spacial score (nSPS) is 26.9. The molecule has 1 aliphatic heterocycles. The number of halogens is 1.